The maximum Gasteiger partial charge on any atom is 0.250 e. The number of hydrogen-bond donors (Lipinski definition) is 2. The van der Waals surface area contributed by atoms with Crippen LogP contribution in [0.15, 0.2) is 16.3 Å². The van der Waals surface area contributed by atoms with Crippen LogP contribution in [0.25, 0.3) is 0 Å². The summed E-state index contributed by atoms with van der Waals surface area (Å²) < 4.78 is 27.3. The minimum absolute atomic E-state index is 0.0450. The Morgan fingerprint density at radius 1 is 1.37 bits per heavy atom. The van der Waals surface area contributed by atoms with E-state index >= 15 is 0 Å². The van der Waals surface area contributed by atoms with Crippen LogP contribution in [0.1, 0.15) is 4.88 Å². The highest BCUT2D eigenvalue weighted by molar-refractivity contribution is 8.06. The highest BCUT2D eigenvalue weighted by Crippen LogP contribution is 2.25. The zero-order valence-corrected chi connectivity index (χ0v) is 13.6. The average Bonchev–Trinajstić information content (AvgIpc) is 2.88. The molecule has 4 nitrogen and oxygen atoms in total. The first-order valence-electron chi connectivity index (χ1n) is 6.00. The predicted octanol–water partition coefficient (Wildman–Crippen LogP) is 1.41. The van der Waals surface area contributed by atoms with Crippen molar-refractivity contribution < 1.29 is 13.5 Å². The van der Waals surface area contributed by atoms with Crippen molar-refractivity contribution in [2.24, 2.45) is 0 Å². The van der Waals surface area contributed by atoms with Gasteiger partial charge < -0.3 is 5.11 Å². The van der Waals surface area contributed by atoms with Gasteiger partial charge in [-0.25, -0.2) is 13.1 Å². The van der Waals surface area contributed by atoms with Crippen molar-refractivity contribution in [3.05, 3.63) is 17.0 Å². The number of rotatable bonds is 6. The maximum atomic E-state index is 12.1. The Hall–Kier alpha value is 0.270. The summed E-state index contributed by atoms with van der Waals surface area (Å²) >= 11 is 4.94. The van der Waals surface area contributed by atoms with Crippen molar-refractivity contribution in [2.45, 2.75) is 15.9 Å². The van der Waals surface area contributed by atoms with Crippen molar-refractivity contribution >= 4 is 44.9 Å². The summed E-state index contributed by atoms with van der Waals surface area (Å²) in [5, 5.41) is 9.21. The summed E-state index contributed by atoms with van der Waals surface area (Å²) in [6, 6.07) is 3.38. The van der Waals surface area contributed by atoms with E-state index in [4.69, 9.17) is 5.11 Å². The van der Waals surface area contributed by atoms with Crippen LogP contribution in [0.4, 0.5) is 0 Å². The van der Waals surface area contributed by atoms with E-state index < -0.39 is 10.0 Å². The van der Waals surface area contributed by atoms with Crippen LogP contribution in [0.3, 0.4) is 0 Å². The van der Waals surface area contributed by atoms with Crippen molar-refractivity contribution in [2.75, 3.05) is 30.4 Å². The van der Waals surface area contributed by atoms with Crippen molar-refractivity contribution in [3.63, 3.8) is 0 Å². The first-order chi connectivity index (χ1) is 9.12. The van der Waals surface area contributed by atoms with Gasteiger partial charge in [0.1, 0.15) is 4.21 Å². The molecule has 0 saturated carbocycles. The van der Waals surface area contributed by atoms with Crippen molar-refractivity contribution in [1.29, 1.82) is 0 Å². The smallest absolute Gasteiger partial charge is 0.250 e. The molecular formula is C11H17NO3S4. The first kappa shape index (κ1) is 15.7. The van der Waals surface area contributed by atoms with Gasteiger partial charge in [0.05, 0.1) is 0 Å². The molecule has 1 aromatic heterocycles. The molecule has 0 aliphatic carbocycles. The molecule has 2 N–H and O–H groups in total. The Balaban J connectivity index is 1.92. The summed E-state index contributed by atoms with van der Waals surface area (Å²) in [5.41, 5.74) is 0. The SMILES string of the molecule is O=S(=O)(NCC1CSCCS1)c1ccc(CCO)s1. The van der Waals surface area contributed by atoms with E-state index in [2.05, 4.69) is 4.72 Å². The molecule has 1 atom stereocenters. The number of thioether (sulfide) groups is 2. The van der Waals surface area contributed by atoms with E-state index in [9.17, 15) is 8.42 Å². The van der Waals surface area contributed by atoms with Crippen LogP contribution in [0.2, 0.25) is 0 Å². The average molecular weight is 340 g/mol. The molecule has 0 aromatic carbocycles. The minimum Gasteiger partial charge on any atom is -0.396 e. The lowest BCUT2D eigenvalue weighted by Gasteiger charge is -2.20. The fourth-order valence-corrected chi connectivity index (χ4v) is 6.86. The van der Waals surface area contributed by atoms with E-state index in [0.717, 1.165) is 22.1 Å². The molecule has 0 radical (unpaired) electrons. The van der Waals surface area contributed by atoms with Gasteiger partial charge in [0.2, 0.25) is 10.0 Å². The summed E-state index contributed by atoms with van der Waals surface area (Å²) in [6.45, 7) is 0.538. The summed E-state index contributed by atoms with van der Waals surface area (Å²) in [7, 11) is -3.39. The standard InChI is InChI=1S/C11H17NO3S4/c13-4-3-9-1-2-11(18-9)19(14,15)12-7-10-8-16-5-6-17-10/h1-2,10,12-13H,3-8H2. The number of sulfonamides is 1. The largest absolute Gasteiger partial charge is 0.396 e. The van der Waals surface area contributed by atoms with Crippen LogP contribution in [0.5, 0.6) is 0 Å². The molecule has 0 spiro atoms. The Labute approximate surface area is 126 Å². The van der Waals surface area contributed by atoms with E-state index in [1.807, 2.05) is 23.5 Å². The summed E-state index contributed by atoms with van der Waals surface area (Å²) in [6.07, 6.45) is 0.509. The normalized spacial score (nSPS) is 20.6. The third kappa shape index (κ3) is 4.64. The van der Waals surface area contributed by atoms with Gasteiger partial charge >= 0.3 is 0 Å². The molecule has 2 heterocycles. The highest BCUT2D eigenvalue weighted by Gasteiger charge is 2.20. The minimum atomic E-state index is -3.39. The molecule has 1 aliphatic heterocycles. The molecule has 0 amide bonds. The molecular weight excluding hydrogens is 322 g/mol. The van der Waals surface area contributed by atoms with E-state index in [1.54, 1.807) is 12.1 Å². The Morgan fingerprint density at radius 2 is 2.21 bits per heavy atom. The summed E-state index contributed by atoms with van der Waals surface area (Å²) in [4.78, 5) is 0.894. The van der Waals surface area contributed by atoms with Gasteiger partial charge in [-0.1, -0.05) is 0 Å². The molecule has 1 aromatic rings. The number of aliphatic hydroxyl groups excluding tert-OH is 1. The maximum absolute atomic E-state index is 12.1. The lowest BCUT2D eigenvalue weighted by atomic mass is 10.4. The van der Waals surface area contributed by atoms with E-state index in [1.165, 1.54) is 11.3 Å². The first-order valence-corrected chi connectivity index (χ1v) is 10.5. The fraction of sp³-hybridized carbons (Fsp3) is 0.636. The molecule has 0 bridgehead atoms. The van der Waals surface area contributed by atoms with Gasteiger partial charge in [-0.05, 0) is 12.1 Å². The summed E-state index contributed by atoms with van der Waals surface area (Å²) in [5.74, 6) is 3.26. The van der Waals surface area contributed by atoms with Gasteiger partial charge in [0.15, 0.2) is 0 Å². The van der Waals surface area contributed by atoms with Crippen LogP contribution < -0.4 is 4.72 Å². The Bertz CT molecular complexity index is 494. The molecule has 1 aliphatic rings. The van der Waals surface area contributed by atoms with Crippen LogP contribution >= 0.6 is 34.9 Å². The molecule has 1 saturated heterocycles. The van der Waals surface area contributed by atoms with Gasteiger partial charge in [-0.15, -0.1) is 11.3 Å². The van der Waals surface area contributed by atoms with Crippen molar-refractivity contribution in [3.8, 4) is 0 Å². The lowest BCUT2D eigenvalue weighted by molar-refractivity contribution is 0.300. The second-order valence-corrected chi connectivity index (χ2v) is 9.83. The van der Waals surface area contributed by atoms with Gasteiger partial charge in [0.25, 0.3) is 0 Å². The Morgan fingerprint density at radius 3 is 2.89 bits per heavy atom. The second kappa shape index (κ2) is 7.33. The lowest BCUT2D eigenvalue weighted by Crippen LogP contribution is -2.33. The van der Waals surface area contributed by atoms with E-state index in [-0.39, 0.29) is 6.61 Å². The molecule has 108 valence electrons. The number of nitrogens with one attached hydrogen (secondary N) is 1. The molecule has 2 rings (SSSR count). The number of hydrogen-bond acceptors (Lipinski definition) is 6. The zero-order chi connectivity index (χ0) is 13.7. The van der Waals surface area contributed by atoms with Crippen LogP contribution in [0, 0.1) is 0 Å². The van der Waals surface area contributed by atoms with Crippen LogP contribution in [-0.4, -0.2) is 49.2 Å². The van der Waals surface area contributed by atoms with Crippen molar-refractivity contribution in [1.82, 2.24) is 4.72 Å². The molecule has 19 heavy (non-hydrogen) atoms. The van der Waals surface area contributed by atoms with Gasteiger partial charge in [-0.3, -0.25) is 0 Å². The third-order valence-corrected chi connectivity index (χ3v) is 8.55. The third-order valence-electron chi connectivity index (χ3n) is 2.65. The van der Waals surface area contributed by atoms with E-state index in [0.29, 0.717) is 22.4 Å². The monoisotopic (exact) mass is 339 g/mol. The Kier molecular flexibility index (Phi) is 6.04. The van der Waals surface area contributed by atoms with Gasteiger partial charge in [-0.2, -0.15) is 23.5 Å². The zero-order valence-electron chi connectivity index (χ0n) is 10.4. The topological polar surface area (TPSA) is 66.4 Å². The number of aliphatic hydroxyl groups is 1. The molecule has 1 fully saturated rings. The van der Waals surface area contributed by atoms with Gasteiger partial charge in [0, 0.05) is 47.0 Å². The molecule has 1 unspecified atom stereocenters. The highest BCUT2D eigenvalue weighted by atomic mass is 32.2. The second-order valence-electron chi connectivity index (χ2n) is 4.11. The quantitative estimate of drug-likeness (QED) is 0.820. The van der Waals surface area contributed by atoms with Crippen LogP contribution in [-0.2, 0) is 16.4 Å². The number of thiophene rings is 1. The molecule has 8 heteroatoms. The fourth-order valence-electron chi connectivity index (χ4n) is 1.68. The predicted molar refractivity (Wildman–Crippen MR) is 83.9 cm³/mol.